The molecule has 3 aromatic rings. The molecule has 1 aromatic carbocycles. The van der Waals surface area contributed by atoms with E-state index in [2.05, 4.69) is 14.7 Å². The quantitative estimate of drug-likeness (QED) is 0.414. The lowest BCUT2D eigenvalue weighted by Crippen LogP contribution is -2.50. The number of nitrogens with two attached hydrogens (primary N) is 2. The highest BCUT2D eigenvalue weighted by Gasteiger charge is 2.36. The van der Waals surface area contributed by atoms with E-state index >= 15 is 0 Å². The molecule has 2 heterocycles. The average Bonchev–Trinajstić information content (AvgIpc) is 3.21. The van der Waals surface area contributed by atoms with Crippen molar-refractivity contribution in [3.05, 3.63) is 76.3 Å². The molecule has 2 aromatic heterocycles. The van der Waals surface area contributed by atoms with E-state index in [1.54, 1.807) is 24.5 Å². The summed E-state index contributed by atoms with van der Waals surface area (Å²) in [6.07, 6.45) is 3.79. The van der Waals surface area contributed by atoms with Crippen molar-refractivity contribution in [2.24, 2.45) is 5.73 Å². The molecule has 3 rings (SSSR count). The predicted octanol–water partition coefficient (Wildman–Crippen LogP) is 3.05. The van der Waals surface area contributed by atoms with Crippen LogP contribution in [-0.4, -0.2) is 37.5 Å². The van der Waals surface area contributed by atoms with Crippen LogP contribution in [0.5, 0.6) is 0 Å². The molecule has 35 heavy (non-hydrogen) atoms. The summed E-state index contributed by atoms with van der Waals surface area (Å²) in [6.45, 7) is 5.63. The first-order valence-electron chi connectivity index (χ1n) is 10.9. The molecule has 9 nitrogen and oxygen atoms in total. The molecule has 0 aliphatic rings. The van der Waals surface area contributed by atoms with Crippen LogP contribution < -0.4 is 16.8 Å². The van der Waals surface area contributed by atoms with E-state index < -0.39 is 35.1 Å². The summed E-state index contributed by atoms with van der Waals surface area (Å²) in [6, 6.07) is 7.66. The minimum Gasteiger partial charge on any atom is -0.395 e. The topological polar surface area (TPSA) is 144 Å². The van der Waals surface area contributed by atoms with Gasteiger partial charge in [0, 0.05) is 24.5 Å². The molecule has 3 amide bonds. The van der Waals surface area contributed by atoms with E-state index in [9.17, 15) is 18.8 Å². The highest BCUT2D eigenvalue weighted by atomic mass is 32.1. The number of benzene rings is 1. The lowest BCUT2D eigenvalue weighted by molar-refractivity contribution is -0.127. The first-order valence-corrected chi connectivity index (χ1v) is 11.6. The summed E-state index contributed by atoms with van der Waals surface area (Å²) in [7, 11) is 0. The smallest absolute Gasteiger partial charge is 0.270 e. The minimum atomic E-state index is -1.15. The Labute approximate surface area is 206 Å². The fourth-order valence-electron chi connectivity index (χ4n) is 3.34. The summed E-state index contributed by atoms with van der Waals surface area (Å²) < 4.78 is 17.6. The van der Waals surface area contributed by atoms with Gasteiger partial charge in [0.2, 0.25) is 5.91 Å². The van der Waals surface area contributed by atoms with E-state index in [1.165, 1.54) is 29.2 Å². The largest absolute Gasteiger partial charge is 0.395 e. The molecule has 0 saturated carbocycles. The summed E-state index contributed by atoms with van der Waals surface area (Å²) in [4.78, 5) is 44.5. The van der Waals surface area contributed by atoms with Crippen molar-refractivity contribution in [2.75, 3.05) is 5.73 Å². The summed E-state index contributed by atoms with van der Waals surface area (Å²) >= 11 is 0.722. The van der Waals surface area contributed by atoms with E-state index in [1.807, 2.05) is 20.8 Å². The zero-order chi connectivity index (χ0) is 25.8. The van der Waals surface area contributed by atoms with Crippen LogP contribution in [0.15, 0.2) is 48.8 Å². The first kappa shape index (κ1) is 25.8. The van der Waals surface area contributed by atoms with Crippen LogP contribution in [0, 0.1) is 5.82 Å². The van der Waals surface area contributed by atoms with Gasteiger partial charge in [-0.1, -0.05) is 25.1 Å². The van der Waals surface area contributed by atoms with Gasteiger partial charge in [0.15, 0.2) is 5.69 Å². The standard InChI is InChI=1S/C24H27FN6O3S/c1-4-24(2,3)29-22(33)19(15-7-9-16(25)10-8-15)31(13-14-6-5-11-28-12-14)23(34)20-17(26)18(21(27)32)30-35-20/h5-12,19H,4,13,26H2,1-3H3,(H2,27,32)(H,29,33). The Morgan fingerprint density at radius 3 is 2.43 bits per heavy atom. The Morgan fingerprint density at radius 1 is 1.20 bits per heavy atom. The van der Waals surface area contributed by atoms with Crippen LogP contribution in [0.4, 0.5) is 10.1 Å². The SMILES string of the molecule is CCC(C)(C)NC(=O)C(c1ccc(F)cc1)N(Cc1cccnc1)C(=O)c1snc(C(N)=O)c1N. The number of carbonyl (C=O) groups is 3. The third kappa shape index (κ3) is 5.99. The van der Waals surface area contributed by atoms with Crippen LogP contribution >= 0.6 is 11.5 Å². The Morgan fingerprint density at radius 2 is 1.89 bits per heavy atom. The van der Waals surface area contributed by atoms with Crippen LogP contribution in [0.3, 0.4) is 0 Å². The van der Waals surface area contributed by atoms with Crippen LogP contribution in [-0.2, 0) is 11.3 Å². The molecule has 5 N–H and O–H groups in total. The average molecular weight is 499 g/mol. The van der Waals surface area contributed by atoms with Crippen LogP contribution in [0.2, 0.25) is 0 Å². The Balaban J connectivity index is 2.15. The second kappa shape index (κ2) is 10.6. The molecule has 0 radical (unpaired) electrons. The highest BCUT2D eigenvalue weighted by Crippen LogP contribution is 2.31. The number of anilines is 1. The normalized spacial score (nSPS) is 12.1. The van der Waals surface area contributed by atoms with Gasteiger partial charge in [-0.25, -0.2) is 4.39 Å². The zero-order valence-electron chi connectivity index (χ0n) is 19.6. The summed E-state index contributed by atoms with van der Waals surface area (Å²) in [5.74, 6) is -2.44. The highest BCUT2D eigenvalue weighted by molar-refractivity contribution is 7.09. The van der Waals surface area contributed by atoms with Crippen molar-refractivity contribution in [3.63, 3.8) is 0 Å². The number of rotatable bonds is 9. The van der Waals surface area contributed by atoms with Crippen molar-refractivity contribution in [3.8, 4) is 0 Å². The van der Waals surface area contributed by atoms with Gasteiger partial charge in [0.05, 0.1) is 5.69 Å². The molecule has 1 atom stereocenters. The molecular formula is C24H27FN6O3S. The number of aromatic nitrogens is 2. The van der Waals surface area contributed by atoms with E-state index in [-0.39, 0.29) is 22.8 Å². The molecule has 0 bridgehead atoms. The maximum absolute atomic E-state index is 13.8. The molecule has 1 unspecified atom stereocenters. The lowest BCUT2D eigenvalue weighted by atomic mass is 9.98. The number of hydrogen-bond donors (Lipinski definition) is 3. The van der Waals surface area contributed by atoms with E-state index in [0.29, 0.717) is 17.5 Å². The number of primary amides is 1. The molecule has 0 spiro atoms. The van der Waals surface area contributed by atoms with Crippen molar-refractivity contribution in [1.82, 2.24) is 19.6 Å². The van der Waals surface area contributed by atoms with Gasteiger partial charge in [-0.2, -0.15) is 4.37 Å². The Hall–Kier alpha value is -3.86. The fraction of sp³-hybridized carbons (Fsp3) is 0.292. The monoisotopic (exact) mass is 498 g/mol. The number of halogens is 1. The molecule has 0 saturated heterocycles. The molecule has 11 heteroatoms. The number of amides is 3. The summed E-state index contributed by atoms with van der Waals surface area (Å²) in [5.41, 5.74) is 11.5. The van der Waals surface area contributed by atoms with E-state index in [4.69, 9.17) is 11.5 Å². The van der Waals surface area contributed by atoms with Crippen LogP contribution in [0.1, 0.15) is 64.5 Å². The number of nitrogens with zero attached hydrogens (tertiary/aromatic N) is 3. The maximum atomic E-state index is 13.8. The molecular weight excluding hydrogens is 471 g/mol. The third-order valence-corrected chi connectivity index (χ3v) is 6.43. The van der Waals surface area contributed by atoms with Gasteiger partial charge in [-0.05, 0) is 61.1 Å². The first-order chi connectivity index (χ1) is 16.5. The number of hydrogen-bond acceptors (Lipinski definition) is 7. The van der Waals surface area contributed by atoms with Gasteiger partial charge < -0.3 is 21.7 Å². The number of carbonyl (C=O) groups excluding carboxylic acids is 3. The van der Waals surface area contributed by atoms with Gasteiger partial charge in [-0.3, -0.25) is 19.4 Å². The van der Waals surface area contributed by atoms with Crippen LogP contribution in [0.25, 0.3) is 0 Å². The number of pyridine rings is 1. The predicted molar refractivity (Wildman–Crippen MR) is 131 cm³/mol. The Kier molecular flexibility index (Phi) is 7.80. The minimum absolute atomic E-state index is 0.0159. The molecule has 0 fully saturated rings. The second-order valence-corrected chi connectivity index (χ2v) is 9.39. The zero-order valence-corrected chi connectivity index (χ0v) is 20.4. The van der Waals surface area contributed by atoms with Gasteiger partial charge in [0.1, 0.15) is 16.7 Å². The second-order valence-electron chi connectivity index (χ2n) is 8.61. The van der Waals surface area contributed by atoms with Crippen molar-refractivity contribution < 1.29 is 18.8 Å². The van der Waals surface area contributed by atoms with Crippen molar-refractivity contribution in [2.45, 2.75) is 45.3 Å². The number of nitrogens with one attached hydrogen (secondary N) is 1. The number of nitrogen functional groups attached to an aromatic ring is 1. The van der Waals surface area contributed by atoms with Crippen molar-refractivity contribution >= 4 is 34.9 Å². The molecule has 0 aliphatic heterocycles. The fourth-order valence-corrected chi connectivity index (χ4v) is 4.10. The Bertz CT molecular complexity index is 1210. The lowest BCUT2D eigenvalue weighted by Gasteiger charge is -2.34. The summed E-state index contributed by atoms with van der Waals surface area (Å²) in [5, 5.41) is 2.97. The molecule has 0 aliphatic carbocycles. The van der Waals surface area contributed by atoms with Crippen molar-refractivity contribution in [1.29, 1.82) is 0 Å². The third-order valence-electron chi connectivity index (χ3n) is 5.58. The van der Waals surface area contributed by atoms with Gasteiger partial charge >= 0.3 is 0 Å². The maximum Gasteiger partial charge on any atom is 0.270 e. The van der Waals surface area contributed by atoms with Gasteiger partial charge in [-0.15, -0.1) is 0 Å². The van der Waals surface area contributed by atoms with E-state index in [0.717, 1.165) is 11.5 Å². The van der Waals surface area contributed by atoms with Gasteiger partial charge in [0.25, 0.3) is 11.8 Å². The molecule has 184 valence electrons.